The Balaban J connectivity index is 1.28. The molecule has 0 bridgehead atoms. The zero-order valence-corrected chi connectivity index (χ0v) is 21.5. The van der Waals surface area contributed by atoms with Gasteiger partial charge in [0.15, 0.2) is 5.65 Å². The number of nitrogens with one attached hydrogen (secondary N) is 1. The van der Waals surface area contributed by atoms with Crippen LogP contribution in [0.5, 0.6) is 0 Å². The fraction of sp³-hybridized carbons (Fsp3) is 0.478. The van der Waals surface area contributed by atoms with E-state index in [1.165, 1.54) is 7.11 Å². The minimum atomic E-state index is -1.60. The van der Waals surface area contributed by atoms with Crippen LogP contribution in [0.25, 0.3) is 11.0 Å². The molecule has 5 unspecified atom stereocenters. The van der Waals surface area contributed by atoms with E-state index in [1.807, 2.05) is 29.7 Å². The number of hydrogen-bond acceptors (Lipinski definition) is 8. The molecule has 190 valence electrons. The van der Waals surface area contributed by atoms with Crippen LogP contribution in [0.1, 0.15) is 43.2 Å². The summed E-state index contributed by atoms with van der Waals surface area (Å²) in [6, 6.07) is 7.26. The second kappa shape index (κ2) is 11.3. The van der Waals surface area contributed by atoms with Gasteiger partial charge in [-0.05, 0) is 36.6 Å². The molecule has 1 saturated heterocycles. The lowest BCUT2D eigenvalue weighted by atomic mass is 10.1. The quantitative estimate of drug-likeness (QED) is 0.336. The number of nitrogens with two attached hydrogens (primary N) is 1. The van der Waals surface area contributed by atoms with Gasteiger partial charge in [-0.15, -0.1) is 0 Å². The van der Waals surface area contributed by atoms with Crippen molar-refractivity contribution < 1.29 is 23.4 Å². The number of ether oxygens (including phenoxy) is 1. The number of rotatable bonds is 10. The van der Waals surface area contributed by atoms with E-state index in [2.05, 4.69) is 16.9 Å². The van der Waals surface area contributed by atoms with Crippen molar-refractivity contribution >= 4 is 37.2 Å². The van der Waals surface area contributed by atoms with Crippen LogP contribution >= 0.6 is 20.2 Å². The zero-order valence-electron chi connectivity index (χ0n) is 19.8. The highest BCUT2D eigenvalue weighted by molar-refractivity contribution is 7.41. The SMILES string of the molecule is COP(OCCC(O)c1ccc(C)cc1Cl)OCC1CC(C)C(n2ccc3c(=O)[nH]c(N)nc32)O1. The fourth-order valence-electron chi connectivity index (χ4n) is 4.21. The first-order chi connectivity index (χ1) is 16.8. The molecule has 12 heteroatoms. The number of aryl methyl sites for hydroxylation is 1. The number of nitrogens with zero attached hydrogens (tertiary/aromatic N) is 2. The number of aliphatic hydroxyl groups excluding tert-OH is 1. The molecule has 3 aromatic rings. The molecule has 5 atom stereocenters. The van der Waals surface area contributed by atoms with Crippen molar-refractivity contribution in [3.8, 4) is 0 Å². The Morgan fingerprint density at radius 2 is 2.20 bits per heavy atom. The average molecular weight is 525 g/mol. The number of halogens is 1. The molecule has 1 aliphatic rings. The van der Waals surface area contributed by atoms with E-state index < -0.39 is 14.7 Å². The first kappa shape index (κ1) is 26.0. The van der Waals surface area contributed by atoms with Gasteiger partial charge in [0, 0.05) is 30.7 Å². The molecule has 1 aromatic carbocycles. The van der Waals surface area contributed by atoms with E-state index in [0.29, 0.717) is 28.0 Å². The normalized spacial score (nSPS) is 22.0. The summed E-state index contributed by atoms with van der Waals surface area (Å²) in [5.74, 6) is 0.219. The van der Waals surface area contributed by atoms with Crippen molar-refractivity contribution in [2.24, 2.45) is 5.92 Å². The third kappa shape index (κ3) is 6.03. The maximum Gasteiger partial charge on any atom is 0.332 e. The molecule has 35 heavy (non-hydrogen) atoms. The summed E-state index contributed by atoms with van der Waals surface area (Å²) in [7, 11) is -0.0893. The molecular weight excluding hydrogens is 495 g/mol. The van der Waals surface area contributed by atoms with Crippen LogP contribution in [0.2, 0.25) is 5.02 Å². The predicted molar refractivity (Wildman–Crippen MR) is 134 cm³/mol. The van der Waals surface area contributed by atoms with Gasteiger partial charge in [0.2, 0.25) is 5.95 Å². The van der Waals surface area contributed by atoms with Crippen LogP contribution in [-0.2, 0) is 18.3 Å². The molecule has 1 fully saturated rings. The van der Waals surface area contributed by atoms with Crippen molar-refractivity contribution in [3.63, 3.8) is 0 Å². The molecular formula is C23H30ClN4O6P. The molecule has 0 aliphatic carbocycles. The van der Waals surface area contributed by atoms with E-state index in [1.54, 1.807) is 12.3 Å². The van der Waals surface area contributed by atoms with E-state index in [4.69, 9.17) is 35.6 Å². The second-order valence-corrected chi connectivity index (χ2v) is 10.4. The highest BCUT2D eigenvalue weighted by Gasteiger charge is 2.35. The van der Waals surface area contributed by atoms with Crippen LogP contribution in [-0.4, -0.2) is 46.1 Å². The number of anilines is 1. The highest BCUT2D eigenvalue weighted by atomic mass is 35.5. The lowest BCUT2D eigenvalue weighted by Gasteiger charge is -2.20. The lowest BCUT2D eigenvalue weighted by Crippen LogP contribution is -2.18. The number of aliphatic hydroxyl groups is 1. The van der Waals surface area contributed by atoms with Crippen molar-refractivity contribution in [3.05, 3.63) is 57.0 Å². The zero-order chi connectivity index (χ0) is 25.1. The third-order valence-electron chi connectivity index (χ3n) is 5.95. The van der Waals surface area contributed by atoms with Gasteiger partial charge >= 0.3 is 8.60 Å². The van der Waals surface area contributed by atoms with Gasteiger partial charge in [-0.3, -0.25) is 9.78 Å². The Hall–Kier alpha value is -2.04. The van der Waals surface area contributed by atoms with E-state index >= 15 is 0 Å². The molecule has 10 nitrogen and oxygen atoms in total. The number of aromatic amines is 1. The van der Waals surface area contributed by atoms with Gasteiger partial charge in [-0.1, -0.05) is 30.7 Å². The van der Waals surface area contributed by atoms with Gasteiger partial charge in [-0.25, -0.2) is 0 Å². The summed E-state index contributed by atoms with van der Waals surface area (Å²) in [6.45, 7) is 4.54. The first-order valence-corrected chi connectivity index (χ1v) is 12.8. The van der Waals surface area contributed by atoms with E-state index in [0.717, 1.165) is 12.0 Å². The molecule has 0 amide bonds. The van der Waals surface area contributed by atoms with Crippen LogP contribution in [0.4, 0.5) is 5.95 Å². The molecule has 3 heterocycles. The summed E-state index contributed by atoms with van der Waals surface area (Å²) in [5.41, 5.74) is 7.62. The molecule has 0 radical (unpaired) electrons. The Kier molecular flexibility index (Phi) is 8.44. The monoisotopic (exact) mass is 524 g/mol. The number of H-pyrrole nitrogens is 1. The smallest absolute Gasteiger partial charge is 0.332 e. The Morgan fingerprint density at radius 1 is 1.40 bits per heavy atom. The first-order valence-electron chi connectivity index (χ1n) is 11.3. The Morgan fingerprint density at radius 3 is 2.94 bits per heavy atom. The van der Waals surface area contributed by atoms with Crippen LogP contribution < -0.4 is 11.3 Å². The van der Waals surface area contributed by atoms with Crippen molar-refractivity contribution in [2.75, 3.05) is 26.1 Å². The van der Waals surface area contributed by atoms with Gasteiger partial charge in [-0.2, -0.15) is 4.98 Å². The second-order valence-electron chi connectivity index (χ2n) is 8.64. The fourth-order valence-corrected chi connectivity index (χ4v) is 5.40. The van der Waals surface area contributed by atoms with Crippen LogP contribution in [0.15, 0.2) is 35.3 Å². The number of aromatic nitrogens is 3. The van der Waals surface area contributed by atoms with Gasteiger partial charge in [0.25, 0.3) is 5.56 Å². The topological polar surface area (TPSA) is 134 Å². The summed E-state index contributed by atoms with van der Waals surface area (Å²) in [4.78, 5) is 18.9. The lowest BCUT2D eigenvalue weighted by molar-refractivity contribution is -0.0280. The summed E-state index contributed by atoms with van der Waals surface area (Å²) >= 11 is 6.23. The number of fused-ring (bicyclic) bond motifs is 1. The van der Waals surface area contributed by atoms with Crippen molar-refractivity contribution in [2.45, 2.75) is 45.1 Å². The number of benzene rings is 1. The van der Waals surface area contributed by atoms with E-state index in [-0.39, 0.29) is 43.0 Å². The molecule has 2 aromatic heterocycles. The molecule has 0 saturated carbocycles. The van der Waals surface area contributed by atoms with Gasteiger partial charge in [0.1, 0.15) is 6.23 Å². The van der Waals surface area contributed by atoms with Crippen molar-refractivity contribution in [1.29, 1.82) is 0 Å². The minimum Gasteiger partial charge on any atom is -0.388 e. The summed E-state index contributed by atoms with van der Waals surface area (Å²) in [6.07, 6.45) is 1.64. The molecule has 1 aliphatic heterocycles. The van der Waals surface area contributed by atoms with Gasteiger partial charge < -0.3 is 33.7 Å². The highest BCUT2D eigenvalue weighted by Crippen LogP contribution is 2.42. The van der Waals surface area contributed by atoms with Crippen LogP contribution in [0.3, 0.4) is 0 Å². The summed E-state index contributed by atoms with van der Waals surface area (Å²) in [5, 5.41) is 11.4. The molecule has 4 rings (SSSR count). The summed E-state index contributed by atoms with van der Waals surface area (Å²) < 4.78 is 24.9. The molecule has 4 N–H and O–H groups in total. The molecule has 0 spiro atoms. The largest absolute Gasteiger partial charge is 0.388 e. The minimum absolute atomic E-state index is 0.0608. The van der Waals surface area contributed by atoms with Gasteiger partial charge in [0.05, 0.1) is 30.8 Å². The maximum absolute atomic E-state index is 12.1. The maximum atomic E-state index is 12.1. The Bertz CT molecular complexity index is 1220. The van der Waals surface area contributed by atoms with Crippen molar-refractivity contribution in [1.82, 2.24) is 14.5 Å². The van der Waals surface area contributed by atoms with E-state index in [9.17, 15) is 9.90 Å². The Labute approximate surface area is 209 Å². The van der Waals surface area contributed by atoms with Crippen LogP contribution in [0, 0.1) is 12.8 Å². The number of hydrogen-bond donors (Lipinski definition) is 3. The predicted octanol–water partition coefficient (Wildman–Crippen LogP) is 4.22. The average Bonchev–Trinajstić information content (AvgIpc) is 3.38. The third-order valence-corrected chi connectivity index (χ3v) is 7.32. The number of nitrogen functional groups attached to an aromatic ring is 1. The standard InChI is InChI=1S/C23H30ClN4O6P/c1-13-4-5-16(18(24)10-13)19(29)7-9-32-35(31-3)33-12-15-11-14(2)22(34-15)28-8-6-17-20(28)26-23(25)27-21(17)30/h4-6,8,10,14-15,19,22,29H,7,9,11-12H2,1-3H3,(H3,25,26,27,30).